The van der Waals surface area contributed by atoms with Crippen molar-refractivity contribution in [2.45, 2.75) is 9.79 Å². The summed E-state index contributed by atoms with van der Waals surface area (Å²) in [7, 11) is -3.50. The van der Waals surface area contributed by atoms with Gasteiger partial charge in [-0.3, -0.25) is 0 Å². The van der Waals surface area contributed by atoms with Crippen LogP contribution in [0.2, 0.25) is 0 Å². The van der Waals surface area contributed by atoms with Gasteiger partial charge in [0.2, 0.25) is 10.0 Å². The largest absolute Gasteiger partial charge is 0.337 e. The third kappa shape index (κ3) is 5.50. The predicted molar refractivity (Wildman–Crippen MR) is 115 cm³/mol. The molecule has 0 bridgehead atoms. The van der Waals surface area contributed by atoms with E-state index in [1.807, 2.05) is 24.3 Å². The van der Waals surface area contributed by atoms with E-state index in [0.29, 0.717) is 32.7 Å². The number of carbonyl (C=O) groups is 1. The predicted octanol–water partition coefficient (Wildman–Crippen LogP) is 3.26. The van der Waals surface area contributed by atoms with Crippen molar-refractivity contribution in [3.05, 3.63) is 59.1 Å². The van der Waals surface area contributed by atoms with Crippen LogP contribution in [0.25, 0.3) is 0 Å². The number of rotatable bonds is 6. The van der Waals surface area contributed by atoms with Crippen molar-refractivity contribution >= 4 is 43.7 Å². The number of halogens is 1. The lowest BCUT2D eigenvalue weighted by atomic mass is 10.4. The number of urea groups is 1. The quantitative estimate of drug-likeness (QED) is 0.505. The molecule has 0 radical (unpaired) electrons. The highest BCUT2D eigenvalue weighted by molar-refractivity contribution is 9.10. The van der Waals surface area contributed by atoms with Crippen molar-refractivity contribution in [2.24, 2.45) is 0 Å². The summed E-state index contributed by atoms with van der Waals surface area (Å²) >= 11 is 5.08. The highest BCUT2D eigenvalue weighted by Crippen LogP contribution is 2.20. The van der Waals surface area contributed by atoms with Gasteiger partial charge < -0.3 is 10.2 Å². The van der Waals surface area contributed by atoms with Crippen molar-refractivity contribution in [1.82, 2.24) is 14.5 Å². The Bertz CT molecular complexity index is 884. The average molecular weight is 484 g/mol. The van der Waals surface area contributed by atoms with Crippen LogP contribution in [0.5, 0.6) is 0 Å². The molecule has 6 nitrogen and oxygen atoms in total. The molecule has 0 atom stereocenters. The van der Waals surface area contributed by atoms with Gasteiger partial charge in [-0.2, -0.15) is 4.31 Å². The number of hydrogen-bond donors (Lipinski definition) is 1. The molecule has 3 rings (SSSR count). The van der Waals surface area contributed by atoms with Crippen LogP contribution in [0.15, 0.2) is 68.9 Å². The SMILES string of the molecule is O=C(NCCSc1ccc(Br)cc1)N1CCN(S(=O)(=O)c2ccccc2)CC1. The summed E-state index contributed by atoms with van der Waals surface area (Å²) < 4.78 is 27.7. The first kappa shape index (κ1) is 21.2. The van der Waals surface area contributed by atoms with Gasteiger partial charge in [-0.1, -0.05) is 34.1 Å². The van der Waals surface area contributed by atoms with Gasteiger partial charge in [0, 0.05) is 47.8 Å². The molecule has 1 aliphatic rings. The number of hydrogen-bond acceptors (Lipinski definition) is 4. The Balaban J connectivity index is 1.42. The molecule has 1 fully saturated rings. The fraction of sp³-hybridized carbons (Fsp3) is 0.316. The van der Waals surface area contributed by atoms with Crippen LogP contribution in [0.3, 0.4) is 0 Å². The van der Waals surface area contributed by atoms with Gasteiger partial charge >= 0.3 is 6.03 Å². The number of thioether (sulfide) groups is 1. The van der Waals surface area contributed by atoms with Crippen LogP contribution in [-0.4, -0.2) is 62.1 Å². The van der Waals surface area contributed by atoms with E-state index in [1.165, 1.54) is 4.31 Å². The Hall–Kier alpha value is -1.55. The minimum atomic E-state index is -3.50. The van der Waals surface area contributed by atoms with E-state index in [1.54, 1.807) is 47.0 Å². The second-order valence-corrected chi connectivity index (χ2v) is 10.3. The molecule has 0 saturated carbocycles. The van der Waals surface area contributed by atoms with Gasteiger partial charge in [-0.25, -0.2) is 13.2 Å². The standard InChI is InChI=1S/C19H22BrN3O3S2/c20-16-6-8-17(9-7-16)27-15-10-21-19(24)22-11-13-23(14-12-22)28(25,26)18-4-2-1-3-5-18/h1-9H,10-15H2,(H,21,24). The first-order chi connectivity index (χ1) is 13.5. The fourth-order valence-corrected chi connectivity index (χ4v) is 5.32. The maximum Gasteiger partial charge on any atom is 0.317 e. The monoisotopic (exact) mass is 483 g/mol. The Labute approximate surface area is 178 Å². The highest BCUT2D eigenvalue weighted by Gasteiger charge is 2.29. The Morgan fingerprint density at radius 3 is 2.29 bits per heavy atom. The van der Waals surface area contributed by atoms with E-state index in [2.05, 4.69) is 21.2 Å². The molecule has 150 valence electrons. The van der Waals surface area contributed by atoms with Gasteiger partial charge in [-0.05, 0) is 36.4 Å². The Kier molecular flexibility index (Phi) is 7.39. The minimum Gasteiger partial charge on any atom is -0.337 e. The molecule has 1 saturated heterocycles. The number of piperazine rings is 1. The molecule has 0 aromatic heterocycles. The normalized spacial score (nSPS) is 15.4. The number of nitrogens with zero attached hydrogens (tertiary/aromatic N) is 2. The van der Waals surface area contributed by atoms with Gasteiger partial charge in [0.05, 0.1) is 4.90 Å². The zero-order chi connectivity index (χ0) is 20.0. The topological polar surface area (TPSA) is 69.7 Å². The van der Waals surface area contributed by atoms with Crippen molar-refractivity contribution in [1.29, 1.82) is 0 Å². The maximum atomic E-state index is 12.6. The van der Waals surface area contributed by atoms with E-state index in [0.717, 1.165) is 15.1 Å². The van der Waals surface area contributed by atoms with Crippen LogP contribution in [-0.2, 0) is 10.0 Å². The maximum absolute atomic E-state index is 12.6. The van der Waals surface area contributed by atoms with Crippen molar-refractivity contribution in [2.75, 3.05) is 38.5 Å². The van der Waals surface area contributed by atoms with Crippen LogP contribution in [0, 0.1) is 0 Å². The molecular weight excluding hydrogens is 462 g/mol. The molecule has 0 unspecified atom stereocenters. The fourth-order valence-electron chi connectivity index (χ4n) is 2.84. The van der Waals surface area contributed by atoms with Crippen LogP contribution in [0.4, 0.5) is 4.79 Å². The number of sulfonamides is 1. The van der Waals surface area contributed by atoms with Gasteiger partial charge in [-0.15, -0.1) is 11.8 Å². The van der Waals surface area contributed by atoms with Gasteiger partial charge in [0.15, 0.2) is 0 Å². The van der Waals surface area contributed by atoms with Gasteiger partial charge in [0.25, 0.3) is 0 Å². The van der Waals surface area contributed by atoms with Crippen molar-refractivity contribution in [3.63, 3.8) is 0 Å². The lowest BCUT2D eigenvalue weighted by molar-refractivity contribution is 0.173. The lowest BCUT2D eigenvalue weighted by Crippen LogP contribution is -2.53. The minimum absolute atomic E-state index is 0.145. The molecule has 28 heavy (non-hydrogen) atoms. The van der Waals surface area contributed by atoms with E-state index in [9.17, 15) is 13.2 Å². The number of benzene rings is 2. The van der Waals surface area contributed by atoms with Gasteiger partial charge in [0.1, 0.15) is 0 Å². The Morgan fingerprint density at radius 2 is 1.64 bits per heavy atom. The molecule has 2 aromatic rings. The zero-order valence-electron chi connectivity index (χ0n) is 15.3. The summed E-state index contributed by atoms with van der Waals surface area (Å²) in [4.78, 5) is 15.4. The third-order valence-corrected chi connectivity index (χ3v) is 7.82. The van der Waals surface area contributed by atoms with E-state index >= 15 is 0 Å². The number of amides is 2. The number of nitrogens with one attached hydrogen (secondary N) is 1. The summed E-state index contributed by atoms with van der Waals surface area (Å²) in [6.45, 7) is 1.94. The summed E-state index contributed by atoms with van der Waals surface area (Å²) in [5, 5.41) is 2.91. The molecule has 0 aliphatic carbocycles. The lowest BCUT2D eigenvalue weighted by Gasteiger charge is -2.34. The molecule has 0 spiro atoms. The average Bonchev–Trinajstić information content (AvgIpc) is 2.73. The van der Waals surface area contributed by atoms with E-state index in [4.69, 9.17) is 0 Å². The van der Waals surface area contributed by atoms with Crippen molar-refractivity contribution < 1.29 is 13.2 Å². The molecular formula is C19H22BrN3O3S2. The molecule has 9 heteroatoms. The molecule has 1 N–H and O–H groups in total. The van der Waals surface area contributed by atoms with E-state index in [-0.39, 0.29) is 10.9 Å². The molecule has 1 heterocycles. The molecule has 2 aromatic carbocycles. The zero-order valence-corrected chi connectivity index (χ0v) is 18.5. The molecule has 2 amide bonds. The Morgan fingerprint density at radius 1 is 1.00 bits per heavy atom. The third-order valence-electron chi connectivity index (χ3n) is 4.37. The smallest absolute Gasteiger partial charge is 0.317 e. The second kappa shape index (κ2) is 9.78. The highest BCUT2D eigenvalue weighted by atomic mass is 79.9. The first-order valence-corrected chi connectivity index (χ1v) is 12.1. The van der Waals surface area contributed by atoms with Crippen LogP contribution in [0.1, 0.15) is 0 Å². The second-order valence-electron chi connectivity index (χ2n) is 6.24. The summed E-state index contributed by atoms with van der Waals surface area (Å²) in [5.74, 6) is 0.774. The summed E-state index contributed by atoms with van der Waals surface area (Å²) in [6, 6.07) is 16.3. The summed E-state index contributed by atoms with van der Waals surface area (Å²) in [6.07, 6.45) is 0. The molecule has 1 aliphatic heterocycles. The number of carbonyl (C=O) groups excluding carboxylic acids is 1. The van der Waals surface area contributed by atoms with Crippen LogP contribution < -0.4 is 5.32 Å². The van der Waals surface area contributed by atoms with E-state index < -0.39 is 10.0 Å². The summed E-state index contributed by atoms with van der Waals surface area (Å²) in [5.41, 5.74) is 0. The van der Waals surface area contributed by atoms with Crippen LogP contribution >= 0.6 is 27.7 Å². The van der Waals surface area contributed by atoms with Crippen molar-refractivity contribution in [3.8, 4) is 0 Å². The first-order valence-electron chi connectivity index (χ1n) is 8.93.